The first-order chi connectivity index (χ1) is 14.3. The number of phenolic OH excluding ortho intramolecular Hbond substituents is 1. The van der Waals surface area contributed by atoms with E-state index in [2.05, 4.69) is 0 Å². The van der Waals surface area contributed by atoms with Crippen molar-refractivity contribution in [2.45, 2.75) is 31.0 Å². The van der Waals surface area contributed by atoms with Gasteiger partial charge in [-0.2, -0.15) is 0 Å². The van der Waals surface area contributed by atoms with Gasteiger partial charge in [0.15, 0.2) is 40.4 Å². The number of phenols is 1. The van der Waals surface area contributed by atoms with E-state index in [-0.39, 0.29) is 22.7 Å². The molecule has 0 aromatic heterocycles. The van der Waals surface area contributed by atoms with Crippen LogP contribution in [0.3, 0.4) is 0 Å². The number of halogens is 1. The molecule has 1 amide bonds. The highest BCUT2D eigenvalue weighted by atomic mass is 35.5. The summed E-state index contributed by atoms with van der Waals surface area (Å²) in [5, 5.41) is 32.7. The molecule has 0 heterocycles. The minimum Gasteiger partial charge on any atom is -0.505 e. The lowest BCUT2D eigenvalue weighted by molar-refractivity contribution is -0.182. The maximum atomic E-state index is 13.4. The van der Waals surface area contributed by atoms with E-state index in [1.807, 2.05) is 0 Å². The van der Waals surface area contributed by atoms with Gasteiger partial charge in [0.1, 0.15) is 0 Å². The van der Waals surface area contributed by atoms with Crippen molar-refractivity contribution >= 4 is 46.3 Å². The third-order valence-electron chi connectivity index (χ3n) is 6.97. The number of hydrogen-bond donors (Lipinski definition) is 5. The predicted octanol–water partition coefficient (Wildman–Crippen LogP) is -0.773. The number of fused-ring (bicyclic) bond motifs is 3. The van der Waals surface area contributed by atoms with E-state index in [1.165, 1.54) is 13.0 Å². The van der Waals surface area contributed by atoms with Crippen LogP contribution in [-0.2, 0) is 24.8 Å². The number of nitrogen functional groups attached to an aromatic ring is 1. The van der Waals surface area contributed by atoms with Crippen LogP contribution in [0.2, 0.25) is 5.02 Å². The largest absolute Gasteiger partial charge is 0.505 e. The molecule has 2 fully saturated rings. The molecule has 1 aromatic carbocycles. The Kier molecular flexibility index (Phi) is 4.38. The van der Waals surface area contributed by atoms with Crippen molar-refractivity contribution in [2.24, 2.45) is 29.4 Å². The van der Waals surface area contributed by atoms with E-state index in [0.717, 1.165) is 0 Å². The van der Waals surface area contributed by atoms with Crippen LogP contribution in [-0.4, -0.2) is 50.0 Å². The third kappa shape index (κ3) is 2.49. The lowest BCUT2D eigenvalue weighted by Gasteiger charge is -2.52. The van der Waals surface area contributed by atoms with Gasteiger partial charge in [-0.15, -0.1) is 0 Å². The molecule has 0 bridgehead atoms. The van der Waals surface area contributed by atoms with Crippen molar-refractivity contribution in [3.63, 3.8) is 0 Å². The fourth-order valence-electron chi connectivity index (χ4n) is 5.31. The first kappa shape index (κ1) is 21.4. The molecule has 0 spiro atoms. The fourth-order valence-corrected chi connectivity index (χ4v) is 5.51. The maximum absolute atomic E-state index is 13.4. The molecular weight excluding hydrogens is 432 g/mol. The second-order valence-corrected chi connectivity index (χ2v) is 8.98. The molecule has 0 radical (unpaired) electrons. The summed E-state index contributed by atoms with van der Waals surface area (Å²) in [5.41, 5.74) is 5.28. The Morgan fingerprint density at radius 3 is 2.39 bits per heavy atom. The summed E-state index contributed by atoms with van der Waals surface area (Å²) in [4.78, 5) is 63.4. The monoisotopic (exact) mass is 450 g/mol. The second kappa shape index (κ2) is 6.35. The zero-order valence-electron chi connectivity index (χ0n) is 16.2. The Morgan fingerprint density at radius 2 is 1.81 bits per heavy atom. The van der Waals surface area contributed by atoms with Crippen molar-refractivity contribution in [3.8, 4) is 5.75 Å². The molecule has 4 rings (SSSR count). The van der Waals surface area contributed by atoms with Gasteiger partial charge in [-0.3, -0.25) is 24.0 Å². The van der Waals surface area contributed by atoms with E-state index >= 15 is 0 Å². The van der Waals surface area contributed by atoms with Gasteiger partial charge in [-0.05, 0) is 25.0 Å². The Hall–Kier alpha value is -2.82. The molecular formula is C20H19ClN2O8. The van der Waals surface area contributed by atoms with Crippen LogP contribution in [0, 0.1) is 23.7 Å². The molecule has 164 valence electrons. The number of benzene rings is 1. The molecule has 1 aromatic rings. The van der Waals surface area contributed by atoms with Gasteiger partial charge in [0.05, 0.1) is 27.8 Å². The fraction of sp³-hybridized carbons (Fsp3) is 0.450. The lowest BCUT2D eigenvalue weighted by atomic mass is 9.51. The second-order valence-electron chi connectivity index (χ2n) is 8.57. The molecule has 31 heavy (non-hydrogen) atoms. The number of amides is 1. The molecule has 2 unspecified atom stereocenters. The first-order valence-corrected chi connectivity index (χ1v) is 9.85. The molecule has 3 aliphatic carbocycles. The smallest absolute Gasteiger partial charge is 0.235 e. The van der Waals surface area contributed by atoms with Crippen LogP contribution >= 0.6 is 11.6 Å². The van der Waals surface area contributed by atoms with Crippen LogP contribution in [0.1, 0.15) is 35.7 Å². The van der Waals surface area contributed by atoms with Crippen molar-refractivity contribution in [1.29, 1.82) is 0 Å². The van der Waals surface area contributed by atoms with Gasteiger partial charge in [-0.25, -0.2) is 0 Å². The zero-order chi connectivity index (χ0) is 23.2. The van der Waals surface area contributed by atoms with Crippen LogP contribution < -0.4 is 11.5 Å². The Balaban J connectivity index is 1.92. The van der Waals surface area contributed by atoms with Crippen LogP contribution in [0.5, 0.6) is 5.75 Å². The topological polar surface area (TPSA) is 198 Å². The molecule has 6 atom stereocenters. The SMILES string of the molecule is C[C@]1(O)c2cc(Cl)c(N)c(O)c2C(=O)C2C(=O)[C@]3(O)C(=O)C(C(N)=O)C(=O)C[C@@H]3C[C@@H]21. The Labute approximate surface area is 180 Å². The Bertz CT molecular complexity index is 1110. The number of nitrogens with two attached hydrogens (primary N) is 2. The van der Waals surface area contributed by atoms with Crippen LogP contribution in [0.25, 0.3) is 0 Å². The van der Waals surface area contributed by atoms with Crippen molar-refractivity contribution in [2.75, 3.05) is 5.73 Å². The van der Waals surface area contributed by atoms with Gasteiger partial charge in [0.2, 0.25) is 5.91 Å². The Morgan fingerprint density at radius 1 is 1.19 bits per heavy atom. The maximum Gasteiger partial charge on any atom is 0.235 e. The van der Waals surface area contributed by atoms with E-state index in [0.29, 0.717) is 0 Å². The molecule has 10 nitrogen and oxygen atoms in total. The van der Waals surface area contributed by atoms with Crippen molar-refractivity contribution < 1.29 is 39.3 Å². The molecule has 2 saturated carbocycles. The lowest BCUT2D eigenvalue weighted by Crippen LogP contribution is -2.69. The number of carbonyl (C=O) groups is 5. The number of carbonyl (C=O) groups excluding carboxylic acids is 5. The number of rotatable bonds is 1. The highest BCUT2D eigenvalue weighted by Gasteiger charge is 2.68. The predicted molar refractivity (Wildman–Crippen MR) is 104 cm³/mol. The number of aliphatic hydroxyl groups is 2. The van der Waals surface area contributed by atoms with Crippen LogP contribution in [0.4, 0.5) is 5.69 Å². The average Bonchev–Trinajstić information content (AvgIpc) is 2.66. The summed E-state index contributed by atoms with van der Waals surface area (Å²) < 4.78 is 0. The standard InChI is InChI=1S/C20H19ClN2O8/c1-19(30)6-2-5-3-9(24)12(18(23)29)17(28)20(5,31)16(27)11(6)14(25)10-7(19)4-8(21)13(22)15(10)26/h4-6,11-12,26,30-31H,2-3,22H2,1H3,(H2,23,29)/t5-,6-,11?,12?,19+,20-/m0/s1. The van der Waals surface area contributed by atoms with E-state index in [4.69, 9.17) is 23.1 Å². The van der Waals surface area contributed by atoms with E-state index in [9.17, 15) is 39.3 Å². The molecule has 7 N–H and O–H groups in total. The highest BCUT2D eigenvalue weighted by Crippen LogP contribution is 2.56. The van der Waals surface area contributed by atoms with Gasteiger partial charge in [0.25, 0.3) is 0 Å². The summed E-state index contributed by atoms with van der Waals surface area (Å²) in [7, 11) is 0. The number of aromatic hydroxyl groups is 1. The minimum absolute atomic E-state index is 0.0582. The summed E-state index contributed by atoms with van der Waals surface area (Å²) in [6.45, 7) is 1.30. The number of primary amides is 1. The average molecular weight is 451 g/mol. The quantitative estimate of drug-likeness (QED) is 0.207. The minimum atomic E-state index is -2.80. The van der Waals surface area contributed by atoms with Crippen molar-refractivity contribution in [3.05, 3.63) is 22.2 Å². The van der Waals surface area contributed by atoms with Gasteiger partial charge >= 0.3 is 0 Å². The molecule has 0 saturated heterocycles. The zero-order valence-corrected chi connectivity index (χ0v) is 17.0. The van der Waals surface area contributed by atoms with Gasteiger partial charge in [-0.1, -0.05) is 11.6 Å². The first-order valence-electron chi connectivity index (χ1n) is 9.47. The van der Waals surface area contributed by atoms with Gasteiger partial charge in [0, 0.05) is 18.3 Å². The number of Topliss-reactive ketones (excluding diaryl/α,β-unsaturated/α-hetero) is 4. The van der Waals surface area contributed by atoms with E-state index < -0.39 is 81.6 Å². The normalized spacial score (nSPS) is 37.2. The number of anilines is 1. The van der Waals surface area contributed by atoms with Crippen molar-refractivity contribution in [1.82, 2.24) is 0 Å². The van der Waals surface area contributed by atoms with Gasteiger partial charge < -0.3 is 26.8 Å². The molecule has 3 aliphatic rings. The summed E-state index contributed by atoms with van der Waals surface area (Å²) in [5.74, 6) is -12.6. The third-order valence-corrected chi connectivity index (χ3v) is 7.28. The number of hydrogen-bond acceptors (Lipinski definition) is 9. The van der Waals surface area contributed by atoms with Crippen LogP contribution in [0.15, 0.2) is 6.07 Å². The van der Waals surface area contributed by atoms with E-state index in [1.54, 1.807) is 0 Å². The summed E-state index contributed by atoms with van der Waals surface area (Å²) in [6.07, 6.45) is -0.757. The summed E-state index contributed by atoms with van der Waals surface area (Å²) >= 11 is 6.00. The molecule has 0 aliphatic heterocycles. The molecule has 11 heteroatoms. The number of ketones is 4. The summed E-state index contributed by atoms with van der Waals surface area (Å²) in [6, 6.07) is 1.21. The highest BCUT2D eigenvalue weighted by molar-refractivity contribution is 6.35.